The minimum absolute atomic E-state index is 0. The maximum atomic E-state index is 14.3. The number of rotatable bonds is 21. The largest absolute Gasteiger partial charge is 2.00 e. The molecule has 103 heavy (non-hydrogen) atoms. The van der Waals surface area contributed by atoms with E-state index in [0.717, 1.165) is 0 Å². The molecule has 0 saturated carbocycles. The number of imidazole rings is 3. The number of ketones is 1. The zero-order valence-corrected chi connectivity index (χ0v) is 66.8. The molecule has 544 valence electrons. The number of nitrogens with zero attached hydrogens (tertiary/aromatic N) is 6. The number of alkyl halides is 1. The topological polar surface area (TPSA) is 290 Å². The summed E-state index contributed by atoms with van der Waals surface area (Å²) in [5.41, 5.74) is 3.35. The van der Waals surface area contributed by atoms with E-state index in [1.54, 1.807) is 99.4 Å². The number of carbonyl (C=O) groups excluding carboxylic acids is 6. The quantitative estimate of drug-likeness (QED) is 0.0269. The van der Waals surface area contributed by atoms with Crippen molar-refractivity contribution in [3.8, 4) is 34.5 Å². The van der Waals surface area contributed by atoms with E-state index >= 15 is 0 Å². The molecule has 3 aromatic heterocycles. The first kappa shape index (κ1) is 96.0. The van der Waals surface area contributed by atoms with Crippen LogP contribution in [0.3, 0.4) is 0 Å². The molecule has 0 fully saturated rings. The first-order valence-electron chi connectivity index (χ1n) is 29.3. The summed E-state index contributed by atoms with van der Waals surface area (Å²) in [6.45, 7) is 3.65. The summed E-state index contributed by atoms with van der Waals surface area (Å²) in [5.74, 6) is -4.10. The Labute approximate surface area is 694 Å². The van der Waals surface area contributed by atoms with Gasteiger partial charge in [0.1, 0.15) is 82.9 Å². The number of hydrogen-bond donors (Lipinski definition) is 1. The average Bonchev–Trinajstić information content (AvgIpc) is 0.883. The number of ether oxygens (including phenoxy) is 8. The molecule has 9 rings (SSSR count). The molecule has 0 spiro atoms. The molecular formula is C69H70Cl5F3IKMgN6O17. The number of benzene rings is 6. The number of esters is 2. The van der Waals surface area contributed by atoms with Crippen LogP contribution in [0.5, 0.6) is 34.5 Å². The summed E-state index contributed by atoms with van der Waals surface area (Å²) in [4.78, 5) is 91.3. The third-order valence-electron chi connectivity index (χ3n) is 13.2. The molecule has 9 aromatic rings. The zero-order chi connectivity index (χ0) is 73.3. The van der Waals surface area contributed by atoms with Crippen LogP contribution < -0.4 is 110 Å². The van der Waals surface area contributed by atoms with Crippen molar-refractivity contribution in [2.75, 3.05) is 60.8 Å². The Morgan fingerprint density at radius 3 is 1.14 bits per heavy atom. The van der Waals surface area contributed by atoms with Gasteiger partial charge in [-0.05, 0) is 88.5 Å². The molecule has 34 heteroatoms. The van der Waals surface area contributed by atoms with Gasteiger partial charge in [-0.15, -0.1) is 0 Å². The van der Waals surface area contributed by atoms with Gasteiger partial charge in [-0.3, -0.25) is 32.9 Å². The van der Waals surface area contributed by atoms with Crippen LogP contribution in [0.1, 0.15) is 99.9 Å². The number of carboxylic acids is 2. The number of aromatic carboxylic acids is 1. The Morgan fingerprint density at radius 2 is 0.825 bits per heavy atom. The van der Waals surface area contributed by atoms with Crippen LogP contribution in [0.15, 0.2) is 147 Å². The SMILES string of the molecule is C.CCOC(=O)CC(=O)[O-].CCOC(=O)CC(=O)c1cc(Cc2cccc(Cl)c2F)c(OC)cc1OC.COc1cc(OC)c(C(=O)O)cc1Cc1cccc(Cl)c1F.COc1cc(OC)c(C(=O)n2ccnc2)cc1Cc1cccc(Cl)c1F.O=C(n1ccnc1)n1ccnc1.[2H]CI.[Cl-].[Cl-].[K+].[Mg+2]. The van der Waals surface area contributed by atoms with Crippen LogP contribution >= 0.6 is 57.4 Å². The van der Waals surface area contributed by atoms with Gasteiger partial charge in [-0.25, -0.2) is 37.7 Å². The maximum absolute atomic E-state index is 14.3. The number of carboxylic acid groups (broad SMARTS) is 2. The number of Topliss-reactive ketones (excluding diaryl/α,β-unsaturated/α-hetero) is 1. The van der Waals surface area contributed by atoms with Crippen molar-refractivity contribution in [2.24, 2.45) is 0 Å². The second kappa shape index (κ2) is 51.2. The van der Waals surface area contributed by atoms with Crippen LogP contribution in [0, 0.1) is 17.5 Å². The number of aliphatic carboxylic acids is 1. The van der Waals surface area contributed by atoms with Crippen LogP contribution in [-0.4, -0.2) is 159 Å². The molecule has 0 radical (unpaired) electrons. The van der Waals surface area contributed by atoms with Gasteiger partial charge in [0.15, 0.2) is 5.78 Å². The predicted molar refractivity (Wildman–Crippen MR) is 375 cm³/mol. The van der Waals surface area contributed by atoms with Gasteiger partial charge in [0.25, 0.3) is 5.91 Å². The van der Waals surface area contributed by atoms with E-state index in [2.05, 4.69) is 19.7 Å². The molecule has 23 nitrogen and oxygen atoms in total. The molecule has 0 aliphatic carbocycles. The normalized spacial score (nSPS) is 9.72. The summed E-state index contributed by atoms with van der Waals surface area (Å²) in [7, 11) is 8.67. The fourth-order valence-electron chi connectivity index (χ4n) is 8.70. The van der Waals surface area contributed by atoms with E-state index in [1.165, 1.54) is 118 Å². The van der Waals surface area contributed by atoms with E-state index in [0.29, 0.717) is 66.8 Å². The summed E-state index contributed by atoms with van der Waals surface area (Å²) in [6.07, 6.45) is 13.1. The summed E-state index contributed by atoms with van der Waals surface area (Å²) in [5, 5.41) is 19.0. The number of aromatic nitrogens is 6. The zero-order valence-electron chi connectivity index (χ0n) is 57.3. The Kier molecular flexibility index (Phi) is 47.8. The smallest absolute Gasteiger partial charge is 1.00 e. The Hall–Kier alpha value is -6.99. The van der Waals surface area contributed by atoms with Crippen molar-refractivity contribution in [3.63, 3.8) is 0 Å². The molecule has 0 unspecified atom stereocenters. The number of hydrogen-bond acceptors (Lipinski definition) is 19. The summed E-state index contributed by atoms with van der Waals surface area (Å²) < 4.78 is 93.5. The molecular weight excluding hydrogens is 1610 g/mol. The predicted octanol–water partition coefficient (Wildman–Crippen LogP) is 3.58. The van der Waals surface area contributed by atoms with Gasteiger partial charge < -0.3 is 77.7 Å². The first-order chi connectivity index (χ1) is 47.4. The van der Waals surface area contributed by atoms with E-state index in [-0.39, 0.29) is 189 Å². The van der Waals surface area contributed by atoms with Crippen molar-refractivity contribution in [2.45, 2.75) is 53.4 Å². The van der Waals surface area contributed by atoms with Gasteiger partial charge in [0, 0.05) is 76.0 Å². The third-order valence-corrected chi connectivity index (χ3v) is 14.1. The standard InChI is InChI=1S/C20H20ClFO5.C19H16ClFN2O3.C16H14ClFO4.C7H6N4O.C5H8O4.CH3I.CH4.2ClH.K.Mg/c1-4-27-19(24)10-16(23)14-9-13(17(25-2)11-18(14)26-3)8-12-6-5-7-15(21)20(12)22;1-25-16-10-17(26-2)14(19(24)23-7-6-22-11-23)9-13(16)8-12-4-3-5-15(20)18(12)21;1-21-13-8-14(22-2)11(16(19)20)7-10(13)6-9-4-3-5-12(17)15(9)18;12-7(10-3-1-8-5-10)11-4-2-9-6-11;1-2-9-5(8)3-4(6)7;1-2;;;;;/h5-7,9,11H,4,8,10H2,1-3H3;3-7,9-11H,8H2,1-2H3;3-5,7-8H,6H2,1-2H3,(H,19,20);1-6H;2-3H2,1H3,(H,6,7);1H3;1H4;2*1H;;/q;;;;;;;;;+1;+2/p-3/i;;;;;1D;;;;;. The molecule has 0 amide bonds. The van der Waals surface area contributed by atoms with Crippen molar-refractivity contribution >= 4 is 122 Å². The van der Waals surface area contributed by atoms with Gasteiger partial charge in [-0.1, -0.05) is 101 Å². The van der Waals surface area contributed by atoms with E-state index < -0.39 is 60.0 Å². The number of halogens is 9. The molecule has 6 aromatic carbocycles. The third kappa shape index (κ3) is 29.8. The molecule has 3 heterocycles. The van der Waals surface area contributed by atoms with Crippen LogP contribution in [-0.2, 0) is 43.1 Å². The summed E-state index contributed by atoms with van der Waals surface area (Å²) >= 11 is 19.4. The molecule has 0 aliphatic heterocycles. The van der Waals surface area contributed by atoms with Gasteiger partial charge >= 0.3 is 98.4 Å². The van der Waals surface area contributed by atoms with Crippen molar-refractivity contribution in [1.82, 2.24) is 28.7 Å². The van der Waals surface area contributed by atoms with Crippen molar-refractivity contribution in [3.05, 3.63) is 230 Å². The first-order valence-corrected chi connectivity index (χ1v) is 31.2. The van der Waals surface area contributed by atoms with E-state index in [9.17, 15) is 56.9 Å². The van der Waals surface area contributed by atoms with Crippen molar-refractivity contribution < 1.29 is 172 Å². The monoisotopic (exact) mass is 1680 g/mol. The molecule has 0 aliphatic rings. The van der Waals surface area contributed by atoms with Gasteiger partial charge in [-0.2, -0.15) is 0 Å². The average molecular weight is 1680 g/mol. The Morgan fingerprint density at radius 1 is 0.515 bits per heavy atom. The minimum atomic E-state index is -1.41. The van der Waals surface area contributed by atoms with Crippen LogP contribution in [0.4, 0.5) is 18.0 Å². The van der Waals surface area contributed by atoms with Gasteiger partial charge in [0.2, 0.25) is 0 Å². The fourth-order valence-corrected chi connectivity index (χ4v) is 9.28. The van der Waals surface area contributed by atoms with Gasteiger partial charge in [0.05, 0.1) is 94.5 Å². The molecule has 1 N–H and O–H groups in total. The number of carbonyl (C=O) groups is 7. The van der Waals surface area contributed by atoms with Crippen molar-refractivity contribution in [1.29, 1.82) is 0 Å². The minimum Gasteiger partial charge on any atom is -1.00 e. The van der Waals surface area contributed by atoms with Crippen LogP contribution in [0.25, 0.3) is 0 Å². The molecule has 0 bridgehead atoms. The second-order valence-corrected chi connectivity index (χ2v) is 20.5. The van der Waals surface area contributed by atoms with Crippen LogP contribution in [0.2, 0.25) is 15.1 Å². The summed E-state index contributed by atoms with van der Waals surface area (Å²) in [6, 6.07) is 23.2. The fraction of sp³-hybridized carbons (Fsp3) is 0.246. The Bertz CT molecular complexity index is 4170. The second-order valence-electron chi connectivity index (χ2n) is 19.3. The molecule has 0 atom stereocenters. The molecule has 0 saturated heterocycles. The number of methoxy groups -OCH3 is 6. The van der Waals surface area contributed by atoms with E-state index in [4.69, 9.17) is 69.3 Å². The van der Waals surface area contributed by atoms with E-state index in [1.807, 2.05) is 22.6 Å². The maximum Gasteiger partial charge on any atom is 2.00 e. The Balaban J connectivity index is 0.